The molecule has 0 spiro atoms. The molecule has 1 aliphatic rings. The van der Waals surface area contributed by atoms with E-state index in [2.05, 4.69) is 143 Å². The molecule has 5 nitrogen and oxygen atoms in total. The molecule has 0 bridgehead atoms. The lowest BCUT2D eigenvalue weighted by atomic mass is 10.00. The molecule has 49 heavy (non-hydrogen) atoms. The highest BCUT2D eigenvalue weighted by molar-refractivity contribution is 6.30. The highest BCUT2D eigenvalue weighted by atomic mass is 16.5. The van der Waals surface area contributed by atoms with Gasteiger partial charge in [0.05, 0.1) is 39.0 Å². The molecule has 0 fully saturated rings. The van der Waals surface area contributed by atoms with Gasteiger partial charge in [0.1, 0.15) is 0 Å². The summed E-state index contributed by atoms with van der Waals surface area (Å²) in [6.45, 7) is 0. The zero-order valence-corrected chi connectivity index (χ0v) is 26.2. The Morgan fingerprint density at radius 1 is 0.429 bits per heavy atom. The second-order valence-electron chi connectivity index (χ2n) is 12.6. The predicted octanol–water partition coefficient (Wildman–Crippen LogP) is 11.3. The van der Waals surface area contributed by atoms with Gasteiger partial charge in [-0.1, -0.05) is 115 Å². The van der Waals surface area contributed by atoms with Crippen molar-refractivity contribution in [1.29, 1.82) is 0 Å². The molecule has 0 aliphatic carbocycles. The van der Waals surface area contributed by atoms with Gasteiger partial charge in [-0.05, 0) is 47.5 Å². The summed E-state index contributed by atoms with van der Waals surface area (Å²) in [4.78, 5) is 10.7. The Kier molecular flexibility index (Phi) is 5.32. The van der Waals surface area contributed by atoms with Gasteiger partial charge in [0.15, 0.2) is 11.5 Å². The van der Waals surface area contributed by atoms with E-state index in [1.807, 2.05) is 24.3 Å². The van der Waals surface area contributed by atoms with Crippen LogP contribution in [0.15, 0.2) is 158 Å². The van der Waals surface area contributed by atoms with Crippen molar-refractivity contribution in [3.63, 3.8) is 0 Å². The molecule has 10 aromatic rings. The summed E-state index contributed by atoms with van der Waals surface area (Å²) in [7, 11) is 0. The first kappa shape index (κ1) is 26.4. The normalized spacial score (nSPS) is 12.2. The lowest BCUT2D eigenvalue weighted by Crippen LogP contribution is -2.05. The van der Waals surface area contributed by atoms with Gasteiger partial charge in [-0.3, -0.25) is 4.57 Å². The van der Waals surface area contributed by atoms with Gasteiger partial charge in [0, 0.05) is 38.6 Å². The Hall–Kier alpha value is -6.72. The van der Waals surface area contributed by atoms with E-state index >= 15 is 0 Å². The number of benzene rings is 7. The lowest BCUT2D eigenvalue weighted by molar-refractivity contribution is 0.477. The summed E-state index contributed by atoms with van der Waals surface area (Å²) in [6.07, 6.45) is 0. The van der Waals surface area contributed by atoms with E-state index in [1.165, 1.54) is 16.3 Å². The molecular weight excluding hydrogens is 601 g/mol. The SMILES string of the molecule is c1ccc(-c2cccc(-c3nc(-n4c5ccccc5c5c6c7ccccc7n7c6c(cc54)Oc4ccccc4-7)nc4ccccc34)c2)cc1. The van der Waals surface area contributed by atoms with Crippen LogP contribution in [-0.4, -0.2) is 19.1 Å². The Bertz CT molecular complexity index is 2970. The third kappa shape index (κ3) is 3.70. The van der Waals surface area contributed by atoms with Crippen molar-refractivity contribution in [2.75, 3.05) is 0 Å². The smallest absolute Gasteiger partial charge is 0.235 e. The summed E-state index contributed by atoms with van der Waals surface area (Å²) >= 11 is 0. The largest absolute Gasteiger partial charge is 0.453 e. The van der Waals surface area contributed by atoms with E-state index < -0.39 is 0 Å². The van der Waals surface area contributed by atoms with Crippen LogP contribution in [0.3, 0.4) is 0 Å². The first-order valence-electron chi connectivity index (χ1n) is 16.5. The Morgan fingerprint density at radius 3 is 1.94 bits per heavy atom. The van der Waals surface area contributed by atoms with E-state index in [-0.39, 0.29) is 0 Å². The Balaban J connectivity index is 1.26. The third-order valence-corrected chi connectivity index (χ3v) is 9.90. The molecule has 0 amide bonds. The van der Waals surface area contributed by atoms with E-state index in [4.69, 9.17) is 14.7 Å². The highest BCUT2D eigenvalue weighted by Gasteiger charge is 2.28. The number of aromatic nitrogens is 4. The molecule has 228 valence electrons. The maximum Gasteiger partial charge on any atom is 0.235 e. The van der Waals surface area contributed by atoms with Gasteiger partial charge in [-0.2, -0.15) is 0 Å². The fourth-order valence-corrected chi connectivity index (χ4v) is 7.83. The van der Waals surface area contributed by atoms with E-state index in [0.717, 1.165) is 77.7 Å². The van der Waals surface area contributed by atoms with E-state index in [0.29, 0.717) is 5.95 Å². The molecule has 0 N–H and O–H groups in total. The van der Waals surface area contributed by atoms with Gasteiger partial charge in [-0.25, -0.2) is 9.97 Å². The van der Waals surface area contributed by atoms with Crippen molar-refractivity contribution in [2.45, 2.75) is 0 Å². The molecule has 0 saturated carbocycles. The zero-order valence-electron chi connectivity index (χ0n) is 26.2. The highest BCUT2D eigenvalue weighted by Crippen LogP contribution is 2.50. The summed E-state index contributed by atoms with van der Waals surface area (Å²) in [5.74, 6) is 2.27. The molecule has 3 aromatic heterocycles. The molecule has 0 atom stereocenters. The molecule has 0 radical (unpaired) electrons. The molecular formula is C44H26N4O. The van der Waals surface area contributed by atoms with Crippen LogP contribution in [-0.2, 0) is 0 Å². The minimum Gasteiger partial charge on any atom is -0.453 e. The average molecular weight is 627 g/mol. The standard InChI is InChI=1S/C44H26N4O/c1-2-13-27(14-3-1)28-15-12-16-29(25-28)42-30-17-4-7-20-33(30)45-44(46-42)48-35-22-9-5-18-31(35)40-37(48)26-39-43-41(40)32-19-6-8-21-34(32)47(43)36-23-10-11-24-38(36)49-39/h1-26H. The number of fused-ring (bicyclic) bond motifs is 10. The van der Waals surface area contributed by atoms with Gasteiger partial charge < -0.3 is 9.30 Å². The fourth-order valence-electron chi connectivity index (χ4n) is 7.83. The molecule has 11 rings (SSSR count). The summed E-state index contributed by atoms with van der Waals surface area (Å²) in [5.41, 5.74) is 10.5. The van der Waals surface area contributed by atoms with Crippen LogP contribution in [0.1, 0.15) is 0 Å². The quantitative estimate of drug-likeness (QED) is 0.196. The monoisotopic (exact) mass is 626 g/mol. The van der Waals surface area contributed by atoms with Crippen molar-refractivity contribution in [2.24, 2.45) is 0 Å². The summed E-state index contributed by atoms with van der Waals surface area (Å²) in [5, 5.41) is 5.68. The van der Waals surface area contributed by atoms with Crippen LogP contribution in [0.2, 0.25) is 0 Å². The number of para-hydroxylation sites is 5. The molecule has 0 saturated heterocycles. The van der Waals surface area contributed by atoms with Crippen LogP contribution in [0.4, 0.5) is 0 Å². The average Bonchev–Trinajstić information content (AvgIpc) is 3.69. The number of rotatable bonds is 3. The summed E-state index contributed by atoms with van der Waals surface area (Å²) < 4.78 is 11.3. The third-order valence-electron chi connectivity index (χ3n) is 9.90. The van der Waals surface area contributed by atoms with Crippen LogP contribution >= 0.6 is 0 Å². The van der Waals surface area contributed by atoms with Crippen LogP contribution in [0.25, 0.3) is 88.5 Å². The zero-order chi connectivity index (χ0) is 32.1. The van der Waals surface area contributed by atoms with Gasteiger partial charge in [-0.15, -0.1) is 0 Å². The number of hydrogen-bond acceptors (Lipinski definition) is 3. The molecule has 4 heterocycles. The van der Waals surface area contributed by atoms with Crippen molar-refractivity contribution in [3.05, 3.63) is 158 Å². The maximum absolute atomic E-state index is 6.72. The lowest BCUT2D eigenvalue weighted by Gasteiger charge is -2.21. The van der Waals surface area contributed by atoms with Crippen LogP contribution in [0.5, 0.6) is 11.5 Å². The van der Waals surface area contributed by atoms with Gasteiger partial charge in [0.25, 0.3) is 0 Å². The first-order valence-corrected chi connectivity index (χ1v) is 16.5. The minimum absolute atomic E-state index is 0.622. The number of nitrogens with zero attached hydrogens (tertiary/aromatic N) is 4. The Labute approximate surface area is 280 Å². The van der Waals surface area contributed by atoms with Crippen LogP contribution < -0.4 is 4.74 Å². The van der Waals surface area contributed by atoms with Gasteiger partial charge in [0.2, 0.25) is 5.95 Å². The van der Waals surface area contributed by atoms with Crippen molar-refractivity contribution >= 4 is 54.5 Å². The number of hydrogen-bond donors (Lipinski definition) is 0. The molecule has 0 unspecified atom stereocenters. The predicted molar refractivity (Wildman–Crippen MR) is 199 cm³/mol. The molecule has 5 heteroatoms. The minimum atomic E-state index is 0.622. The Morgan fingerprint density at radius 2 is 1.08 bits per heavy atom. The maximum atomic E-state index is 6.72. The van der Waals surface area contributed by atoms with Crippen molar-refractivity contribution in [1.82, 2.24) is 19.1 Å². The van der Waals surface area contributed by atoms with E-state index in [1.54, 1.807) is 0 Å². The van der Waals surface area contributed by atoms with Crippen LogP contribution in [0, 0.1) is 0 Å². The molecule has 7 aromatic carbocycles. The topological polar surface area (TPSA) is 44.9 Å². The van der Waals surface area contributed by atoms with Crippen molar-refractivity contribution in [3.8, 4) is 45.5 Å². The first-order chi connectivity index (χ1) is 24.3. The second-order valence-corrected chi connectivity index (χ2v) is 12.6. The van der Waals surface area contributed by atoms with E-state index in [9.17, 15) is 0 Å². The fraction of sp³-hybridized carbons (Fsp3) is 0. The van der Waals surface area contributed by atoms with Crippen molar-refractivity contribution < 1.29 is 4.74 Å². The van der Waals surface area contributed by atoms with Gasteiger partial charge >= 0.3 is 0 Å². The number of ether oxygens (including phenoxy) is 1. The summed E-state index contributed by atoms with van der Waals surface area (Å²) in [6, 6.07) is 55.1. The molecule has 1 aliphatic heterocycles. The second kappa shape index (κ2) is 9.89.